The molecule has 0 aromatic heterocycles. The SMILES string of the molecule is CC1=CC2=C(C=CC=CC2c2ccccc2)C1C([SiH3])(CCl)C1C(C)=CC2=C1C=CC=CC2c1ccccc1. The third-order valence-electron chi connectivity index (χ3n) is 8.94. The van der Waals surface area contributed by atoms with E-state index in [9.17, 15) is 0 Å². The van der Waals surface area contributed by atoms with E-state index in [0.717, 1.165) is 10.2 Å². The third kappa shape index (κ3) is 4.13. The Morgan fingerprint density at radius 2 is 1.05 bits per heavy atom. The zero-order valence-electron chi connectivity index (χ0n) is 22.4. The summed E-state index contributed by atoms with van der Waals surface area (Å²) in [6.07, 6.45) is 23.3. The van der Waals surface area contributed by atoms with Crippen LogP contribution in [0.25, 0.3) is 0 Å². The zero-order chi connectivity index (χ0) is 26.3. The van der Waals surface area contributed by atoms with E-state index in [4.69, 9.17) is 11.6 Å². The molecule has 2 aromatic carbocycles. The van der Waals surface area contributed by atoms with Crippen LogP contribution in [0.1, 0.15) is 36.8 Å². The standard InChI is InChI=1S/C36H35ClSi/c1-24-21-32-28(26-13-5-3-6-14-26)17-9-11-19-30(32)34(24)36(38,23-37)35-25(2)22-33-29(18-10-12-20-31(33)35)27-15-7-4-8-16-27/h3-22,28-29,34-35H,23H2,1-2,38H3. The van der Waals surface area contributed by atoms with Gasteiger partial charge in [-0.15, -0.1) is 11.6 Å². The summed E-state index contributed by atoms with van der Waals surface area (Å²) in [4.78, 5) is 0. The molecule has 2 aromatic rings. The molecule has 0 radical (unpaired) electrons. The van der Waals surface area contributed by atoms with Gasteiger partial charge in [0.15, 0.2) is 0 Å². The van der Waals surface area contributed by atoms with E-state index in [-0.39, 0.29) is 16.9 Å². The van der Waals surface area contributed by atoms with Crippen molar-refractivity contribution < 1.29 is 0 Å². The second kappa shape index (κ2) is 10.2. The normalized spacial score (nSPS) is 27.6. The number of allylic oxidation sites excluding steroid dienone is 16. The van der Waals surface area contributed by atoms with Gasteiger partial charge in [-0.1, -0.05) is 133 Å². The molecule has 0 aliphatic heterocycles. The number of halogens is 1. The van der Waals surface area contributed by atoms with E-state index < -0.39 is 0 Å². The Kier molecular flexibility index (Phi) is 6.76. The Morgan fingerprint density at radius 3 is 1.45 bits per heavy atom. The fourth-order valence-corrected chi connectivity index (χ4v) is 9.26. The van der Waals surface area contributed by atoms with Crippen molar-refractivity contribution >= 4 is 21.8 Å². The van der Waals surface area contributed by atoms with E-state index in [1.54, 1.807) is 0 Å². The Balaban J connectivity index is 1.46. The lowest BCUT2D eigenvalue weighted by Gasteiger charge is -2.43. The van der Waals surface area contributed by atoms with Crippen molar-refractivity contribution in [3.8, 4) is 0 Å². The van der Waals surface area contributed by atoms with E-state index in [2.05, 4.69) is 135 Å². The summed E-state index contributed by atoms with van der Waals surface area (Å²) in [5, 5.41) is -0.0390. The van der Waals surface area contributed by atoms with E-state index >= 15 is 0 Å². The van der Waals surface area contributed by atoms with E-state index in [1.807, 2.05) is 0 Å². The maximum absolute atomic E-state index is 7.11. The van der Waals surface area contributed by atoms with Crippen molar-refractivity contribution in [3.63, 3.8) is 0 Å². The van der Waals surface area contributed by atoms with Gasteiger partial charge in [-0.25, -0.2) is 0 Å². The van der Waals surface area contributed by atoms with Crippen molar-refractivity contribution in [1.29, 1.82) is 0 Å². The molecule has 0 N–H and O–H groups in total. The average molecular weight is 531 g/mol. The minimum Gasteiger partial charge on any atom is -0.126 e. The van der Waals surface area contributed by atoms with Gasteiger partial charge >= 0.3 is 0 Å². The third-order valence-corrected chi connectivity index (χ3v) is 11.5. The Labute approximate surface area is 235 Å². The van der Waals surface area contributed by atoms with Crippen molar-refractivity contribution in [1.82, 2.24) is 0 Å². The fourth-order valence-electron chi connectivity index (χ4n) is 7.42. The van der Waals surface area contributed by atoms with Crippen molar-refractivity contribution in [2.45, 2.75) is 30.7 Å². The van der Waals surface area contributed by atoms with Gasteiger partial charge in [0.25, 0.3) is 0 Å². The monoisotopic (exact) mass is 530 g/mol. The highest BCUT2D eigenvalue weighted by Gasteiger charge is 2.49. The van der Waals surface area contributed by atoms with Gasteiger partial charge in [0.05, 0.1) is 0 Å². The van der Waals surface area contributed by atoms with Gasteiger partial charge in [0, 0.05) is 39.8 Å². The van der Waals surface area contributed by atoms with Gasteiger partial charge in [0.1, 0.15) is 0 Å². The summed E-state index contributed by atoms with van der Waals surface area (Å²) in [5.74, 6) is 1.80. The predicted molar refractivity (Wildman–Crippen MR) is 167 cm³/mol. The van der Waals surface area contributed by atoms with Crippen molar-refractivity contribution in [3.05, 3.63) is 166 Å². The Morgan fingerprint density at radius 1 is 0.632 bits per heavy atom. The molecule has 38 heavy (non-hydrogen) atoms. The molecule has 6 rings (SSSR count). The van der Waals surface area contributed by atoms with Crippen LogP contribution in [0.15, 0.2) is 155 Å². The smallest absolute Gasteiger partial charge is 0.0275 e. The van der Waals surface area contributed by atoms with Gasteiger partial charge < -0.3 is 0 Å². The molecule has 4 aliphatic rings. The second-order valence-electron chi connectivity index (χ2n) is 11.4. The van der Waals surface area contributed by atoms with Gasteiger partial charge in [-0.05, 0) is 52.3 Å². The van der Waals surface area contributed by atoms with Crippen LogP contribution in [0.3, 0.4) is 0 Å². The highest BCUT2D eigenvalue weighted by molar-refractivity contribution is 6.27. The summed E-state index contributed by atoms with van der Waals surface area (Å²) < 4.78 is 0. The highest BCUT2D eigenvalue weighted by atomic mass is 35.5. The summed E-state index contributed by atoms with van der Waals surface area (Å²) >= 11 is 7.11. The molecule has 0 bridgehead atoms. The number of benzene rings is 2. The van der Waals surface area contributed by atoms with Crippen LogP contribution >= 0.6 is 11.6 Å². The lowest BCUT2D eigenvalue weighted by atomic mass is 9.70. The van der Waals surface area contributed by atoms with Crippen LogP contribution in [0.5, 0.6) is 0 Å². The first kappa shape index (κ1) is 25.2. The van der Waals surface area contributed by atoms with Crippen molar-refractivity contribution in [2.24, 2.45) is 11.8 Å². The van der Waals surface area contributed by atoms with Crippen LogP contribution in [-0.2, 0) is 0 Å². The summed E-state index contributed by atoms with van der Waals surface area (Å²) in [7, 11) is 0.986. The Bertz CT molecular complexity index is 1370. The maximum atomic E-state index is 7.11. The van der Waals surface area contributed by atoms with Crippen LogP contribution in [0, 0.1) is 11.8 Å². The second-order valence-corrected chi connectivity index (χ2v) is 13.5. The minimum absolute atomic E-state index is 0.0390. The number of hydrogen-bond acceptors (Lipinski definition) is 0. The fraction of sp³-hybridized carbons (Fsp3) is 0.222. The molecular formula is C36H35ClSi. The molecule has 4 unspecified atom stereocenters. The van der Waals surface area contributed by atoms with Crippen LogP contribution in [-0.4, -0.2) is 16.1 Å². The molecule has 4 atom stereocenters. The first-order valence-corrected chi connectivity index (χ1v) is 15.3. The maximum Gasteiger partial charge on any atom is 0.0275 e. The summed E-state index contributed by atoms with van der Waals surface area (Å²) in [5.41, 5.74) is 11.4. The highest BCUT2D eigenvalue weighted by Crippen LogP contribution is 2.60. The molecule has 190 valence electrons. The van der Waals surface area contributed by atoms with E-state index in [0.29, 0.717) is 17.7 Å². The summed E-state index contributed by atoms with van der Waals surface area (Å²) in [6.45, 7) is 4.66. The van der Waals surface area contributed by atoms with Gasteiger partial charge in [-0.3, -0.25) is 0 Å². The average Bonchev–Trinajstić information content (AvgIpc) is 3.26. The van der Waals surface area contributed by atoms with E-state index in [1.165, 1.54) is 44.6 Å². The topological polar surface area (TPSA) is 0 Å². The van der Waals surface area contributed by atoms with Crippen LogP contribution < -0.4 is 0 Å². The summed E-state index contributed by atoms with van der Waals surface area (Å²) in [6, 6.07) is 21.8. The molecule has 0 spiro atoms. The molecule has 4 aliphatic carbocycles. The molecule has 0 amide bonds. The minimum atomic E-state index is -0.0390. The number of alkyl halides is 1. The van der Waals surface area contributed by atoms with Gasteiger partial charge in [-0.2, -0.15) is 0 Å². The zero-order valence-corrected chi connectivity index (χ0v) is 25.2. The predicted octanol–water partition coefficient (Wildman–Crippen LogP) is 8.31. The molecule has 0 saturated heterocycles. The van der Waals surface area contributed by atoms with Gasteiger partial charge in [0.2, 0.25) is 0 Å². The number of rotatable bonds is 5. The molecule has 2 heteroatoms. The van der Waals surface area contributed by atoms with Crippen LogP contribution in [0.2, 0.25) is 5.04 Å². The van der Waals surface area contributed by atoms with Crippen LogP contribution in [0.4, 0.5) is 0 Å². The number of hydrogen-bond donors (Lipinski definition) is 0. The lowest BCUT2D eigenvalue weighted by Crippen LogP contribution is -2.35. The molecule has 0 heterocycles. The molecular weight excluding hydrogens is 496 g/mol. The first-order chi connectivity index (χ1) is 18.5. The lowest BCUT2D eigenvalue weighted by molar-refractivity contribution is 0.418. The Hall–Kier alpha value is -3.13. The largest absolute Gasteiger partial charge is 0.126 e. The first-order valence-electron chi connectivity index (χ1n) is 13.7. The molecule has 0 fully saturated rings. The molecule has 0 nitrogen and oxygen atoms in total. The van der Waals surface area contributed by atoms with Crippen molar-refractivity contribution in [2.75, 3.05) is 5.88 Å². The quantitative estimate of drug-likeness (QED) is 0.269. The molecule has 0 saturated carbocycles.